The first kappa shape index (κ1) is 19.7. The summed E-state index contributed by atoms with van der Waals surface area (Å²) in [6.45, 7) is 6.22. The minimum atomic E-state index is -0.345. The van der Waals surface area contributed by atoms with Gasteiger partial charge < -0.3 is 4.42 Å². The number of fused-ring (bicyclic) bond motifs is 1. The monoisotopic (exact) mass is 426 g/mol. The van der Waals surface area contributed by atoms with Crippen LogP contribution in [0.3, 0.4) is 0 Å². The summed E-state index contributed by atoms with van der Waals surface area (Å²) in [4.78, 5) is 12.8. The zero-order valence-corrected chi connectivity index (χ0v) is 17.9. The van der Waals surface area contributed by atoms with E-state index in [9.17, 15) is 4.79 Å². The Labute approximate surface area is 178 Å². The average Bonchev–Trinajstić information content (AvgIpc) is 2.98. The molecule has 2 aromatic carbocycles. The number of rotatable bonds is 4. The Kier molecular flexibility index (Phi) is 5.24. The summed E-state index contributed by atoms with van der Waals surface area (Å²) >= 11 is 12.6. The van der Waals surface area contributed by atoms with Crippen molar-refractivity contribution in [2.75, 3.05) is 0 Å². The fourth-order valence-electron chi connectivity index (χ4n) is 3.60. The van der Waals surface area contributed by atoms with E-state index in [1.165, 1.54) is 5.56 Å². The highest BCUT2D eigenvalue weighted by molar-refractivity contribution is 6.36. The van der Waals surface area contributed by atoms with Crippen molar-refractivity contribution in [1.82, 2.24) is 9.78 Å². The molecule has 0 atom stereocenters. The molecule has 0 aliphatic rings. The van der Waals surface area contributed by atoms with Crippen molar-refractivity contribution in [3.05, 3.63) is 96.4 Å². The minimum Gasteiger partial charge on any atom is -0.404 e. The molecule has 0 saturated carbocycles. The normalized spacial score (nSPS) is 11.3. The molecule has 2 aromatic heterocycles. The summed E-state index contributed by atoms with van der Waals surface area (Å²) in [5.41, 5.74) is 5.43. The quantitative estimate of drug-likeness (QED) is 0.410. The van der Waals surface area contributed by atoms with E-state index >= 15 is 0 Å². The van der Waals surface area contributed by atoms with Crippen LogP contribution in [-0.4, -0.2) is 9.78 Å². The zero-order valence-electron chi connectivity index (χ0n) is 16.4. The third kappa shape index (κ3) is 3.70. The number of benzene rings is 2. The predicted molar refractivity (Wildman–Crippen MR) is 117 cm³/mol. The highest BCUT2D eigenvalue weighted by Crippen LogP contribution is 2.29. The predicted octanol–water partition coefficient (Wildman–Crippen LogP) is 5.86. The Hall–Kier alpha value is -2.56. The van der Waals surface area contributed by atoms with Gasteiger partial charge in [0.05, 0.1) is 17.6 Å². The Morgan fingerprint density at radius 2 is 1.62 bits per heavy atom. The summed E-state index contributed by atoms with van der Waals surface area (Å²) in [6, 6.07) is 13.5. The van der Waals surface area contributed by atoms with Gasteiger partial charge in [-0.25, -0.2) is 9.48 Å². The molecule has 29 heavy (non-hydrogen) atoms. The number of nitrogens with zero attached hydrogens (tertiary/aromatic N) is 2. The molecule has 0 bridgehead atoms. The Morgan fingerprint density at radius 3 is 2.28 bits per heavy atom. The van der Waals surface area contributed by atoms with E-state index < -0.39 is 0 Å². The first-order valence-corrected chi connectivity index (χ1v) is 10.1. The van der Waals surface area contributed by atoms with Crippen LogP contribution in [0.5, 0.6) is 0 Å². The van der Waals surface area contributed by atoms with Gasteiger partial charge in [-0.15, -0.1) is 0 Å². The maximum atomic E-state index is 12.8. The lowest BCUT2D eigenvalue weighted by atomic mass is 10.00. The molecule has 4 aromatic rings. The van der Waals surface area contributed by atoms with Gasteiger partial charge in [0, 0.05) is 27.6 Å². The number of halogens is 2. The van der Waals surface area contributed by atoms with Crippen LogP contribution in [0.4, 0.5) is 0 Å². The minimum absolute atomic E-state index is 0.322. The van der Waals surface area contributed by atoms with Crippen molar-refractivity contribution in [2.45, 2.75) is 33.7 Å². The van der Waals surface area contributed by atoms with Gasteiger partial charge in [-0.05, 0) is 44.0 Å². The van der Waals surface area contributed by atoms with Gasteiger partial charge in [0.1, 0.15) is 0 Å². The molecule has 0 saturated heterocycles. The molecule has 0 aliphatic carbocycles. The lowest BCUT2D eigenvalue weighted by molar-refractivity contribution is 0.506. The van der Waals surface area contributed by atoms with Gasteiger partial charge in [0.25, 0.3) is 0 Å². The number of aromatic nitrogens is 2. The molecule has 4 rings (SSSR count). The molecule has 0 aliphatic heterocycles. The standard InChI is InChI=1S/C23H20Cl2N2O2/c1-13-7-9-16(10-8-13)11-17-14(2)21-15(3)26-27(22(21)29-23(17)28)12-18-19(24)5-4-6-20(18)25/h4-10H,11-12H2,1-3H3. The van der Waals surface area contributed by atoms with E-state index in [1.54, 1.807) is 22.9 Å². The molecule has 0 N–H and O–H groups in total. The maximum Gasteiger partial charge on any atom is 0.341 e. The second-order valence-corrected chi connectivity index (χ2v) is 8.09. The Bertz CT molecular complexity index is 1250. The first-order valence-electron chi connectivity index (χ1n) is 9.33. The molecule has 0 radical (unpaired) electrons. The molecule has 4 nitrogen and oxygen atoms in total. The van der Waals surface area contributed by atoms with E-state index in [1.807, 2.05) is 45.0 Å². The summed E-state index contributed by atoms with van der Waals surface area (Å²) in [6.07, 6.45) is 0.519. The van der Waals surface area contributed by atoms with Crippen molar-refractivity contribution in [3.8, 4) is 0 Å². The molecule has 2 heterocycles. The first-order chi connectivity index (χ1) is 13.8. The highest BCUT2D eigenvalue weighted by atomic mass is 35.5. The van der Waals surface area contributed by atoms with Crippen LogP contribution < -0.4 is 5.63 Å². The SMILES string of the molecule is Cc1ccc(Cc2c(C)c3c(C)nn(Cc4c(Cl)cccc4Cl)c3oc2=O)cc1. The van der Waals surface area contributed by atoms with Crippen LogP contribution in [0, 0.1) is 20.8 Å². The van der Waals surface area contributed by atoms with Crippen molar-refractivity contribution in [2.24, 2.45) is 0 Å². The summed E-state index contributed by atoms with van der Waals surface area (Å²) < 4.78 is 7.39. The maximum absolute atomic E-state index is 12.8. The van der Waals surface area contributed by atoms with E-state index in [4.69, 9.17) is 27.6 Å². The fraction of sp³-hybridized carbons (Fsp3) is 0.217. The summed E-state index contributed by atoms with van der Waals surface area (Å²) in [5, 5.41) is 6.55. The molecule has 0 amide bonds. The highest BCUT2D eigenvalue weighted by Gasteiger charge is 2.20. The van der Waals surface area contributed by atoms with Crippen LogP contribution in [0.25, 0.3) is 11.1 Å². The summed E-state index contributed by atoms with van der Waals surface area (Å²) in [7, 11) is 0. The number of hydrogen-bond acceptors (Lipinski definition) is 3. The van der Waals surface area contributed by atoms with Crippen molar-refractivity contribution >= 4 is 34.3 Å². The largest absolute Gasteiger partial charge is 0.404 e. The van der Waals surface area contributed by atoms with Crippen molar-refractivity contribution < 1.29 is 4.42 Å². The molecule has 0 unspecified atom stereocenters. The second-order valence-electron chi connectivity index (χ2n) is 7.28. The Balaban J connectivity index is 1.81. The molecule has 0 fully saturated rings. The van der Waals surface area contributed by atoms with Gasteiger partial charge in [-0.3, -0.25) is 0 Å². The van der Waals surface area contributed by atoms with Gasteiger partial charge in [-0.1, -0.05) is 59.1 Å². The van der Waals surface area contributed by atoms with Crippen LogP contribution in [-0.2, 0) is 13.0 Å². The van der Waals surface area contributed by atoms with Crippen LogP contribution in [0.1, 0.15) is 33.5 Å². The van der Waals surface area contributed by atoms with E-state index in [-0.39, 0.29) is 5.63 Å². The second kappa shape index (κ2) is 7.69. The van der Waals surface area contributed by atoms with E-state index in [0.29, 0.717) is 34.3 Å². The third-order valence-electron chi connectivity index (χ3n) is 5.22. The topological polar surface area (TPSA) is 48.0 Å². The number of aryl methyl sites for hydroxylation is 3. The van der Waals surface area contributed by atoms with Crippen molar-refractivity contribution in [3.63, 3.8) is 0 Å². The molecule has 6 heteroatoms. The Morgan fingerprint density at radius 1 is 0.966 bits per heavy atom. The molecular formula is C23H20Cl2N2O2. The zero-order chi connectivity index (χ0) is 20.7. The molecular weight excluding hydrogens is 407 g/mol. The fourth-order valence-corrected chi connectivity index (χ4v) is 4.12. The van der Waals surface area contributed by atoms with E-state index in [0.717, 1.165) is 27.8 Å². The molecule has 0 spiro atoms. The van der Waals surface area contributed by atoms with Crippen LogP contribution >= 0.6 is 23.2 Å². The van der Waals surface area contributed by atoms with Crippen LogP contribution in [0.15, 0.2) is 51.7 Å². The van der Waals surface area contributed by atoms with Crippen LogP contribution in [0.2, 0.25) is 10.0 Å². The lowest BCUT2D eigenvalue weighted by Gasteiger charge is -2.09. The smallest absolute Gasteiger partial charge is 0.341 e. The van der Waals surface area contributed by atoms with Gasteiger partial charge in [0.2, 0.25) is 5.71 Å². The van der Waals surface area contributed by atoms with Gasteiger partial charge in [0.15, 0.2) is 0 Å². The van der Waals surface area contributed by atoms with Gasteiger partial charge >= 0.3 is 5.63 Å². The number of hydrogen-bond donors (Lipinski definition) is 0. The van der Waals surface area contributed by atoms with Gasteiger partial charge in [-0.2, -0.15) is 5.10 Å². The summed E-state index contributed by atoms with van der Waals surface area (Å²) in [5.74, 6) is 0. The third-order valence-corrected chi connectivity index (χ3v) is 5.92. The average molecular weight is 427 g/mol. The lowest BCUT2D eigenvalue weighted by Crippen LogP contribution is -2.12. The van der Waals surface area contributed by atoms with E-state index in [2.05, 4.69) is 5.10 Å². The van der Waals surface area contributed by atoms with Crippen molar-refractivity contribution in [1.29, 1.82) is 0 Å². The molecule has 148 valence electrons.